The van der Waals surface area contributed by atoms with Crippen LogP contribution in [0.15, 0.2) is 42.6 Å². The molecule has 100 valence electrons. The van der Waals surface area contributed by atoms with E-state index in [4.69, 9.17) is 5.26 Å². The van der Waals surface area contributed by atoms with Crippen LogP contribution in [0.3, 0.4) is 0 Å². The number of pyridine rings is 1. The normalized spacial score (nSPS) is 9.60. The van der Waals surface area contributed by atoms with Gasteiger partial charge in [-0.25, -0.2) is 9.78 Å². The summed E-state index contributed by atoms with van der Waals surface area (Å²) in [5.41, 5.74) is 1.88. The van der Waals surface area contributed by atoms with E-state index < -0.39 is 0 Å². The Morgan fingerprint density at radius 2 is 2.25 bits per heavy atom. The minimum absolute atomic E-state index is 0.373. The summed E-state index contributed by atoms with van der Waals surface area (Å²) >= 11 is 0. The monoisotopic (exact) mass is 267 g/mol. The number of nitrogens with one attached hydrogen (secondary N) is 1. The molecule has 0 saturated carbocycles. The van der Waals surface area contributed by atoms with Crippen LogP contribution >= 0.6 is 0 Å². The lowest BCUT2D eigenvalue weighted by Crippen LogP contribution is -2.05. The smallest absolute Gasteiger partial charge is 0.337 e. The fourth-order valence-corrected chi connectivity index (χ4v) is 1.75. The Hall–Kier alpha value is -2.87. The predicted molar refractivity (Wildman–Crippen MR) is 74.1 cm³/mol. The van der Waals surface area contributed by atoms with E-state index in [0.717, 1.165) is 5.56 Å². The number of methoxy groups -OCH3 is 1. The van der Waals surface area contributed by atoms with Crippen molar-refractivity contribution in [1.82, 2.24) is 4.98 Å². The number of ether oxygens (including phenoxy) is 1. The molecule has 2 aromatic rings. The Bertz CT molecular complexity index is 662. The molecule has 5 heteroatoms. The van der Waals surface area contributed by atoms with E-state index in [2.05, 4.69) is 21.1 Å². The first-order valence-corrected chi connectivity index (χ1v) is 6.01. The molecule has 0 radical (unpaired) electrons. The van der Waals surface area contributed by atoms with Gasteiger partial charge in [0.05, 0.1) is 18.2 Å². The maximum atomic E-state index is 11.4. The number of carbonyl (C=O) groups excluding carboxylic acids is 1. The highest BCUT2D eigenvalue weighted by atomic mass is 16.5. The van der Waals surface area contributed by atoms with Gasteiger partial charge >= 0.3 is 5.97 Å². The lowest BCUT2D eigenvalue weighted by Gasteiger charge is -2.08. The fraction of sp³-hybridized carbons (Fsp3) is 0.133. The highest BCUT2D eigenvalue weighted by Gasteiger charge is 2.06. The number of nitrogens with zero attached hydrogens (tertiary/aromatic N) is 2. The van der Waals surface area contributed by atoms with E-state index in [1.807, 2.05) is 6.07 Å². The molecule has 1 aromatic heterocycles. The molecule has 0 saturated heterocycles. The van der Waals surface area contributed by atoms with Crippen LogP contribution in [0, 0.1) is 11.3 Å². The van der Waals surface area contributed by atoms with Crippen LogP contribution < -0.4 is 5.32 Å². The summed E-state index contributed by atoms with van der Waals surface area (Å²) in [4.78, 5) is 15.6. The van der Waals surface area contributed by atoms with E-state index in [1.54, 1.807) is 36.5 Å². The van der Waals surface area contributed by atoms with Gasteiger partial charge in [-0.05, 0) is 29.8 Å². The zero-order chi connectivity index (χ0) is 14.4. The number of nitriles is 1. The molecule has 1 heterocycles. The van der Waals surface area contributed by atoms with Gasteiger partial charge in [0.2, 0.25) is 0 Å². The molecule has 1 N–H and O–H groups in total. The van der Waals surface area contributed by atoms with Crippen molar-refractivity contribution < 1.29 is 9.53 Å². The van der Waals surface area contributed by atoms with Crippen LogP contribution in [0.5, 0.6) is 0 Å². The summed E-state index contributed by atoms with van der Waals surface area (Å²) in [7, 11) is 1.35. The molecule has 0 spiro atoms. The standard InChI is InChI=1S/C15H13N3O2/c1-20-15(19)12-5-2-4-11(8-12)10-18-14-13(9-16)6-3-7-17-14/h2-8H,10H2,1H3,(H,17,18). The lowest BCUT2D eigenvalue weighted by atomic mass is 10.1. The van der Waals surface area contributed by atoms with E-state index in [-0.39, 0.29) is 5.97 Å². The first-order chi connectivity index (χ1) is 9.74. The van der Waals surface area contributed by atoms with Gasteiger partial charge in [-0.1, -0.05) is 12.1 Å². The second kappa shape index (κ2) is 6.34. The maximum absolute atomic E-state index is 11.4. The first kappa shape index (κ1) is 13.6. The molecule has 0 atom stereocenters. The Morgan fingerprint density at radius 1 is 1.40 bits per heavy atom. The van der Waals surface area contributed by atoms with E-state index in [0.29, 0.717) is 23.5 Å². The summed E-state index contributed by atoms with van der Waals surface area (Å²) in [5, 5.41) is 12.1. The number of hydrogen-bond donors (Lipinski definition) is 1. The van der Waals surface area contributed by atoms with Crippen LogP contribution in [0.25, 0.3) is 0 Å². The molecule has 0 aliphatic rings. The molecular formula is C15H13N3O2. The first-order valence-electron chi connectivity index (χ1n) is 6.01. The number of anilines is 1. The SMILES string of the molecule is COC(=O)c1cccc(CNc2ncccc2C#N)c1. The zero-order valence-corrected chi connectivity index (χ0v) is 11.0. The van der Waals surface area contributed by atoms with Crippen LogP contribution in [-0.4, -0.2) is 18.1 Å². The summed E-state index contributed by atoms with van der Waals surface area (Å²) in [6.45, 7) is 0.469. The van der Waals surface area contributed by atoms with Crippen molar-refractivity contribution in [1.29, 1.82) is 5.26 Å². The Morgan fingerprint density at radius 3 is 3.00 bits per heavy atom. The van der Waals surface area contributed by atoms with Crippen LogP contribution in [0.4, 0.5) is 5.82 Å². The van der Waals surface area contributed by atoms with Gasteiger partial charge in [0.25, 0.3) is 0 Å². The van der Waals surface area contributed by atoms with Gasteiger partial charge in [0, 0.05) is 12.7 Å². The molecule has 5 nitrogen and oxygen atoms in total. The fourth-order valence-electron chi connectivity index (χ4n) is 1.75. The number of esters is 1. The van der Waals surface area contributed by atoms with Crippen LogP contribution in [-0.2, 0) is 11.3 Å². The van der Waals surface area contributed by atoms with Gasteiger partial charge in [0.1, 0.15) is 11.9 Å². The Kier molecular flexibility index (Phi) is 4.30. The highest BCUT2D eigenvalue weighted by Crippen LogP contribution is 2.12. The maximum Gasteiger partial charge on any atom is 0.337 e. The molecule has 20 heavy (non-hydrogen) atoms. The van der Waals surface area contributed by atoms with Crippen molar-refractivity contribution in [2.45, 2.75) is 6.54 Å². The third-order valence-electron chi connectivity index (χ3n) is 2.74. The summed E-state index contributed by atoms with van der Waals surface area (Å²) in [6, 6.07) is 12.6. The Labute approximate surface area is 116 Å². The van der Waals surface area contributed by atoms with E-state index in [1.165, 1.54) is 7.11 Å². The highest BCUT2D eigenvalue weighted by molar-refractivity contribution is 5.89. The topological polar surface area (TPSA) is 75.0 Å². The van der Waals surface area contributed by atoms with Gasteiger partial charge in [-0.15, -0.1) is 0 Å². The molecule has 2 rings (SSSR count). The number of hydrogen-bond acceptors (Lipinski definition) is 5. The quantitative estimate of drug-likeness (QED) is 0.861. The van der Waals surface area contributed by atoms with Crippen molar-refractivity contribution in [2.75, 3.05) is 12.4 Å². The lowest BCUT2D eigenvalue weighted by molar-refractivity contribution is 0.0600. The molecule has 1 aromatic carbocycles. The molecule has 0 amide bonds. The number of benzene rings is 1. The molecule has 0 unspecified atom stereocenters. The van der Waals surface area contributed by atoms with Crippen molar-refractivity contribution in [2.24, 2.45) is 0 Å². The largest absolute Gasteiger partial charge is 0.465 e. The third-order valence-corrected chi connectivity index (χ3v) is 2.74. The van der Waals surface area contributed by atoms with E-state index >= 15 is 0 Å². The predicted octanol–water partition coefficient (Wildman–Crippen LogP) is 2.35. The number of rotatable bonds is 4. The van der Waals surface area contributed by atoms with Gasteiger partial charge in [-0.3, -0.25) is 0 Å². The number of aromatic nitrogens is 1. The molecule has 0 fully saturated rings. The minimum atomic E-state index is -0.373. The molecular weight excluding hydrogens is 254 g/mol. The van der Waals surface area contributed by atoms with Crippen molar-refractivity contribution in [3.8, 4) is 6.07 Å². The van der Waals surface area contributed by atoms with Gasteiger partial charge in [-0.2, -0.15) is 5.26 Å². The summed E-state index contributed by atoms with van der Waals surface area (Å²) in [6.07, 6.45) is 1.62. The van der Waals surface area contributed by atoms with Crippen molar-refractivity contribution in [3.05, 3.63) is 59.3 Å². The average molecular weight is 267 g/mol. The van der Waals surface area contributed by atoms with E-state index in [9.17, 15) is 4.79 Å². The van der Waals surface area contributed by atoms with Crippen molar-refractivity contribution in [3.63, 3.8) is 0 Å². The average Bonchev–Trinajstić information content (AvgIpc) is 2.52. The Balaban J connectivity index is 2.11. The van der Waals surface area contributed by atoms with Crippen LogP contribution in [0.2, 0.25) is 0 Å². The van der Waals surface area contributed by atoms with Gasteiger partial charge in [0.15, 0.2) is 0 Å². The summed E-state index contributed by atoms with van der Waals surface area (Å²) in [5.74, 6) is 0.154. The third kappa shape index (κ3) is 3.12. The molecule has 0 aliphatic heterocycles. The zero-order valence-electron chi connectivity index (χ0n) is 11.0. The number of carbonyl (C=O) groups is 1. The second-order valence-corrected chi connectivity index (χ2v) is 4.06. The molecule has 0 aliphatic carbocycles. The van der Waals surface area contributed by atoms with Gasteiger partial charge < -0.3 is 10.1 Å². The van der Waals surface area contributed by atoms with Crippen LogP contribution in [0.1, 0.15) is 21.5 Å². The minimum Gasteiger partial charge on any atom is -0.465 e. The summed E-state index contributed by atoms with van der Waals surface area (Å²) < 4.78 is 4.68. The molecule has 0 bridgehead atoms. The van der Waals surface area contributed by atoms with Crippen molar-refractivity contribution >= 4 is 11.8 Å². The second-order valence-electron chi connectivity index (χ2n) is 4.06.